The average molecular weight is 404 g/mol. The van der Waals surface area contributed by atoms with Crippen LogP contribution in [0.4, 0.5) is 8.78 Å². The van der Waals surface area contributed by atoms with Crippen LogP contribution in [0, 0.1) is 11.8 Å². The Kier molecular flexibility index (Phi) is 8.76. The van der Waals surface area contributed by atoms with Gasteiger partial charge in [0.15, 0.2) is 0 Å². The first kappa shape index (κ1) is 18.9. The van der Waals surface area contributed by atoms with Gasteiger partial charge in [0.05, 0.1) is 0 Å². The van der Waals surface area contributed by atoms with Crippen molar-refractivity contribution >= 4 is 22.0 Å². The van der Waals surface area contributed by atoms with Crippen LogP contribution in [-0.2, 0) is 0 Å². The van der Waals surface area contributed by atoms with Crippen molar-refractivity contribution in [3.8, 4) is 0 Å². The number of rotatable bonds is 10. The molecule has 0 amide bonds. The SMILES string of the molecule is CCC[CH2][Sn]([CH2]CCC)([CH2]CCC)[c]1c(F)ccnc1F. The summed E-state index contributed by atoms with van der Waals surface area (Å²) >= 11 is -3.03. The van der Waals surface area contributed by atoms with Gasteiger partial charge in [-0.05, 0) is 0 Å². The summed E-state index contributed by atoms with van der Waals surface area (Å²) in [5.41, 5.74) is 0. The zero-order chi connectivity index (χ0) is 15.7. The van der Waals surface area contributed by atoms with Crippen LogP contribution >= 0.6 is 0 Å². The van der Waals surface area contributed by atoms with Gasteiger partial charge < -0.3 is 0 Å². The fourth-order valence-corrected chi connectivity index (χ4v) is 19.4. The standard InChI is InChI=1S/C5H2F2N.3C4H9.Sn/c6-4-1-2-8-5(7)3-4;3*1-3-4-2;/h1-2H;3*1,3-4H2,2H3;. The Morgan fingerprint density at radius 2 is 1.38 bits per heavy atom. The average Bonchev–Trinajstić information content (AvgIpc) is 2.48. The van der Waals surface area contributed by atoms with Crippen molar-refractivity contribution in [2.75, 3.05) is 0 Å². The van der Waals surface area contributed by atoms with Gasteiger partial charge in [-0.15, -0.1) is 0 Å². The molecule has 0 aliphatic heterocycles. The van der Waals surface area contributed by atoms with Crippen LogP contribution in [-0.4, -0.2) is 23.4 Å². The van der Waals surface area contributed by atoms with E-state index < -0.39 is 24.3 Å². The first-order valence-electron chi connectivity index (χ1n) is 8.41. The molecular formula is C17H29F2NSn. The van der Waals surface area contributed by atoms with Crippen molar-refractivity contribution in [3.05, 3.63) is 24.0 Å². The first-order chi connectivity index (χ1) is 10.1. The quantitative estimate of drug-likeness (QED) is 0.375. The van der Waals surface area contributed by atoms with E-state index in [1.165, 1.54) is 12.3 Å². The molecule has 0 aromatic carbocycles. The Morgan fingerprint density at radius 1 is 0.905 bits per heavy atom. The minimum absolute atomic E-state index is 0.332. The summed E-state index contributed by atoms with van der Waals surface area (Å²) in [5, 5.41) is 0. The molecule has 1 rings (SSSR count). The predicted octanol–water partition coefficient (Wildman–Crippen LogP) is 5.42. The van der Waals surface area contributed by atoms with Crippen molar-refractivity contribution < 1.29 is 8.78 Å². The van der Waals surface area contributed by atoms with E-state index in [9.17, 15) is 8.78 Å². The molecule has 1 aromatic heterocycles. The van der Waals surface area contributed by atoms with Crippen LogP contribution in [0.1, 0.15) is 59.3 Å². The maximum absolute atomic E-state index is 14.4. The van der Waals surface area contributed by atoms with Crippen molar-refractivity contribution in [1.29, 1.82) is 0 Å². The maximum atomic E-state index is 14.4. The summed E-state index contributed by atoms with van der Waals surface area (Å²) in [6.45, 7) is 6.48. The van der Waals surface area contributed by atoms with E-state index in [2.05, 4.69) is 25.8 Å². The third-order valence-corrected chi connectivity index (χ3v) is 19.9. The topological polar surface area (TPSA) is 12.9 Å². The minimum atomic E-state index is -3.03. The number of hydrogen-bond donors (Lipinski definition) is 0. The van der Waals surface area contributed by atoms with Crippen molar-refractivity contribution in [2.24, 2.45) is 0 Å². The number of halogens is 2. The summed E-state index contributed by atoms with van der Waals surface area (Å²) < 4.78 is 32.4. The normalized spacial score (nSPS) is 11.9. The Labute approximate surface area is 132 Å². The van der Waals surface area contributed by atoms with Gasteiger partial charge in [0, 0.05) is 0 Å². The molecule has 1 aromatic rings. The van der Waals surface area contributed by atoms with Gasteiger partial charge in [-0.25, -0.2) is 0 Å². The van der Waals surface area contributed by atoms with Crippen LogP contribution in [0.5, 0.6) is 0 Å². The summed E-state index contributed by atoms with van der Waals surface area (Å²) in [7, 11) is 0. The van der Waals surface area contributed by atoms with Crippen molar-refractivity contribution in [1.82, 2.24) is 4.98 Å². The fraction of sp³-hybridized carbons (Fsp3) is 0.706. The molecule has 0 unspecified atom stereocenters. The van der Waals surface area contributed by atoms with Gasteiger partial charge in [-0.3, -0.25) is 0 Å². The van der Waals surface area contributed by atoms with E-state index in [1.807, 2.05) is 0 Å². The molecule has 4 heteroatoms. The molecule has 0 atom stereocenters. The molecule has 21 heavy (non-hydrogen) atoms. The van der Waals surface area contributed by atoms with Crippen LogP contribution in [0.3, 0.4) is 0 Å². The van der Waals surface area contributed by atoms with Crippen LogP contribution in [0.15, 0.2) is 12.3 Å². The zero-order valence-corrected chi connectivity index (χ0v) is 16.6. The summed E-state index contributed by atoms with van der Waals surface area (Å²) in [4.78, 5) is 3.78. The van der Waals surface area contributed by atoms with E-state index in [1.54, 1.807) is 0 Å². The molecule has 0 saturated carbocycles. The van der Waals surface area contributed by atoms with Crippen LogP contribution in [0.2, 0.25) is 13.3 Å². The Morgan fingerprint density at radius 3 is 1.76 bits per heavy atom. The second kappa shape index (κ2) is 9.75. The van der Waals surface area contributed by atoms with Gasteiger partial charge in [-0.1, -0.05) is 0 Å². The molecule has 0 bridgehead atoms. The number of aromatic nitrogens is 1. The molecular weight excluding hydrogens is 375 g/mol. The molecule has 0 saturated heterocycles. The third-order valence-electron chi connectivity index (χ3n) is 4.41. The second-order valence-corrected chi connectivity index (χ2v) is 19.1. The fourth-order valence-electron chi connectivity index (χ4n) is 3.18. The van der Waals surface area contributed by atoms with Crippen molar-refractivity contribution in [2.45, 2.75) is 72.6 Å². The number of unbranched alkanes of at least 4 members (excludes halogenated alkanes) is 3. The Bertz CT molecular complexity index is 381. The monoisotopic (exact) mass is 405 g/mol. The van der Waals surface area contributed by atoms with E-state index >= 15 is 0 Å². The molecule has 0 N–H and O–H groups in total. The first-order valence-corrected chi connectivity index (χ1v) is 15.9. The van der Waals surface area contributed by atoms with E-state index in [0.29, 0.717) is 3.58 Å². The number of pyridine rings is 1. The molecule has 1 heterocycles. The van der Waals surface area contributed by atoms with Gasteiger partial charge in [0.1, 0.15) is 0 Å². The molecule has 0 fully saturated rings. The third kappa shape index (κ3) is 5.18. The van der Waals surface area contributed by atoms with Crippen molar-refractivity contribution in [3.63, 3.8) is 0 Å². The van der Waals surface area contributed by atoms with Gasteiger partial charge >= 0.3 is 132 Å². The van der Waals surface area contributed by atoms with E-state index in [4.69, 9.17) is 0 Å². The van der Waals surface area contributed by atoms with Gasteiger partial charge in [0.2, 0.25) is 0 Å². The predicted molar refractivity (Wildman–Crippen MR) is 88.7 cm³/mol. The van der Waals surface area contributed by atoms with Gasteiger partial charge in [0.25, 0.3) is 0 Å². The molecule has 0 radical (unpaired) electrons. The van der Waals surface area contributed by atoms with E-state index in [0.717, 1.165) is 51.8 Å². The summed E-state index contributed by atoms with van der Waals surface area (Å²) in [6.07, 6.45) is 7.83. The van der Waals surface area contributed by atoms with Gasteiger partial charge in [-0.2, -0.15) is 0 Å². The zero-order valence-electron chi connectivity index (χ0n) is 13.7. The molecule has 0 aliphatic carbocycles. The van der Waals surface area contributed by atoms with E-state index in [-0.39, 0.29) is 5.82 Å². The second-order valence-electron chi connectivity index (χ2n) is 6.05. The summed E-state index contributed by atoms with van der Waals surface area (Å²) in [6, 6.07) is 1.36. The molecule has 0 spiro atoms. The summed E-state index contributed by atoms with van der Waals surface area (Å²) in [5.74, 6) is -0.851. The molecule has 1 nitrogen and oxygen atoms in total. The molecule has 120 valence electrons. The number of nitrogens with zero attached hydrogens (tertiary/aromatic N) is 1. The Hall–Kier alpha value is -0.191. The molecule has 0 aliphatic rings. The number of hydrogen-bond acceptors (Lipinski definition) is 1. The van der Waals surface area contributed by atoms with Crippen LogP contribution < -0.4 is 3.58 Å². The Balaban J connectivity index is 3.23. The van der Waals surface area contributed by atoms with Crippen LogP contribution in [0.25, 0.3) is 0 Å².